The largest absolute Gasteiger partial charge is 0.258 e. The molecule has 1 heterocycles. The van der Waals surface area contributed by atoms with Gasteiger partial charge in [-0.3, -0.25) is 4.21 Å². The first-order chi connectivity index (χ1) is 7.77. The zero-order chi connectivity index (χ0) is 11.4. The standard InChI is InChI=1S/C13H18OS2/c1-2-15-13(9-6-10-16(13)14)11-12-7-4-3-5-8-12/h3-5,7-8H,2,6,9-11H2,1H3. The predicted molar refractivity (Wildman–Crippen MR) is 73.3 cm³/mol. The molecule has 1 saturated heterocycles. The molecule has 0 radical (unpaired) electrons. The van der Waals surface area contributed by atoms with Crippen molar-refractivity contribution in [2.75, 3.05) is 11.5 Å². The fourth-order valence-corrected chi connectivity index (χ4v) is 5.99. The van der Waals surface area contributed by atoms with Crippen LogP contribution in [0.25, 0.3) is 0 Å². The summed E-state index contributed by atoms with van der Waals surface area (Å²) in [4.78, 5) is 0. The van der Waals surface area contributed by atoms with E-state index in [-0.39, 0.29) is 4.08 Å². The molecule has 2 rings (SSSR count). The molecular weight excluding hydrogens is 236 g/mol. The maximum atomic E-state index is 12.2. The Balaban J connectivity index is 2.18. The minimum atomic E-state index is -0.657. The molecule has 1 nitrogen and oxygen atoms in total. The first-order valence-electron chi connectivity index (χ1n) is 5.83. The van der Waals surface area contributed by atoms with Crippen LogP contribution in [0, 0.1) is 0 Å². The van der Waals surface area contributed by atoms with E-state index in [9.17, 15) is 4.21 Å². The minimum absolute atomic E-state index is 0.00387. The van der Waals surface area contributed by atoms with Crippen LogP contribution >= 0.6 is 11.8 Å². The van der Waals surface area contributed by atoms with E-state index >= 15 is 0 Å². The third-order valence-corrected chi connectivity index (χ3v) is 6.94. The summed E-state index contributed by atoms with van der Waals surface area (Å²) in [5.41, 5.74) is 1.32. The van der Waals surface area contributed by atoms with Crippen molar-refractivity contribution in [3.8, 4) is 0 Å². The maximum Gasteiger partial charge on any atom is 0.0948 e. The highest BCUT2D eigenvalue weighted by atomic mass is 32.2. The van der Waals surface area contributed by atoms with Crippen LogP contribution in [0.3, 0.4) is 0 Å². The van der Waals surface area contributed by atoms with Gasteiger partial charge in [-0.2, -0.15) is 0 Å². The van der Waals surface area contributed by atoms with Gasteiger partial charge in [0.05, 0.1) is 4.08 Å². The van der Waals surface area contributed by atoms with E-state index in [1.54, 1.807) is 0 Å². The third kappa shape index (κ3) is 2.51. The summed E-state index contributed by atoms with van der Waals surface area (Å²) in [7, 11) is -0.657. The minimum Gasteiger partial charge on any atom is -0.258 e. The molecule has 2 unspecified atom stereocenters. The summed E-state index contributed by atoms with van der Waals surface area (Å²) < 4.78 is 12.2. The van der Waals surface area contributed by atoms with Gasteiger partial charge in [0, 0.05) is 16.6 Å². The van der Waals surface area contributed by atoms with Crippen LogP contribution < -0.4 is 0 Å². The van der Waals surface area contributed by atoms with Crippen LogP contribution in [-0.2, 0) is 17.2 Å². The summed E-state index contributed by atoms with van der Waals surface area (Å²) >= 11 is 1.89. The molecule has 1 aliphatic heterocycles. The molecule has 0 saturated carbocycles. The first kappa shape index (κ1) is 12.2. The summed E-state index contributed by atoms with van der Waals surface area (Å²) in [6.07, 6.45) is 3.18. The van der Waals surface area contributed by atoms with E-state index in [2.05, 4.69) is 31.2 Å². The topological polar surface area (TPSA) is 17.1 Å². The van der Waals surface area contributed by atoms with Crippen LogP contribution in [0.5, 0.6) is 0 Å². The summed E-state index contributed by atoms with van der Waals surface area (Å²) in [6, 6.07) is 10.5. The molecule has 0 aliphatic carbocycles. The first-order valence-corrected chi connectivity index (χ1v) is 8.14. The van der Waals surface area contributed by atoms with Gasteiger partial charge in [-0.1, -0.05) is 37.3 Å². The molecule has 0 N–H and O–H groups in total. The Morgan fingerprint density at radius 3 is 2.69 bits per heavy atom. The van der Waals surface area contributed by atoms with Gasteiger partial charge in [-0.15, -0.1) is 11.8 Å². The van der Waals surface area contributed by atoms with E-state index in [1.165, 1.54) is 5.56 Å². The van der Waals surface area contributed by atoms with Gasteiger partial charge in [0.25, 0.3) is 0 Å². The van der Waals surface area contributed by atoms with E-state index in [0.29, 0.717) is 0 Å². The Morgan fingerprint density at radius 2 is 2.12 bits per heavy atom. The second kappa shape index (κ2) is 5.37. The molecule has 2 atom stereocenters. The highest BCUT2D eigenvalue weighted by Crippen LogP contribution is 2.42. The van der Waals surface area contributed by atoms with Crippen LogP contribution in [0.4, 0.5) is 0 Å². The Morgan fingerprint density at radius 1 is 1.38 bits per heavy atom. The lowest BCUT2D eigenvalue weighted by molar-refractivity contribution is 0.662. The van der Waals surface area contributed by atoms with Gasteiger partial charge in [-0.05, 0) is 30.6 Å². The Bertz CT molecular complexity index is 363. The van der Waals surface area contributed by atoms with Gasteiger partial charge >= 0.3 is 0 Å². The Labute approximate surface area is 104 Å². The maximum absolute atomic E-state index is 12.2. The molecule has 0 bridgehead atoms. The zero-order valence-corrected chi connectivity index (χ0v) is 11.3. The van der Waals surface area contributed by atoms with Crippen molar-refractivity contribution in [1.29, 1.82) is 0 Å². The van der Waals surface area contributed by atoms with Crippen molar-refractivity contribution < 1.29 is 4.21 Å². The lowest BCUT2D eigenvalue weighted by Gasteiger charge is -2.26. The number of rotatable bonds is 4. The molecule has 88 valence electrons. The fourth-order valence-electron chi connectivity index (χ4n) is 2.30. The number of hydrogen-bond acceptors (Lipinski definition) is 2. The molecular formula is C13H18OS2. The molecule has 1 aromatic carbocycles. The average Bonchev–Trinajstić information content (AvgIpc) is 2.62. The normalized spacial score (nSPS) is 29.4. The quantitative estimate of drug-likeness (QED) is 0.820. The molecule has 0 spiro atoms. The molecule has 0 aromatic heterocycles. The zero-order valence-electron chi connectivity index (χ0n) is 9.65. The highest BCUT2D eigenvalue weighted by Gasteiger charge is 2.40. The molecule has 0 amide bonds. The SMILES string of the molecule is CCSC1(Cc2ccccc2)CCCS1=O. The number of benzene rings is 1. The van der Waals surface area contributed by atoms with E-state index in [4.69, 9.17) is 0 Å². The molecule has 1 aliphatic rings. The van der Waals surface area contributed by atoms with E-state index in [1.807, 2.05) is 17.8 Å². The van der Waals surface area contributed by atoms with Gasteiger partial charge in [-0.25, -0.2) is 0 Å². The number of thioether (sulfide) groups is 1. The van der Waals surface area contributed by atoms with Gasteiger partial charge in [0.1, 0.15) is 0 Å². The molecule has 1 aromatic rings. The van der Waals surface area contributed by atoms with Crippen molar-refractivity contribution in [3.05, 3.63) is 35.9 Å². The van der Waals surface area contributed by atoms with Crippen molar-refractivity contribution in [1.82, 2.24) is 0 Å². The van der Waals surface area contributed by atoms with Crippen molar-refractivity contribution in [2.24, 2.45) is 0 Å². The monoisotopic (exact) mass is 254 g/mol. The average molecular weight is 254 g/mol. The van der Waals surface area contributed by atoms with Gasteiger partial charge in [0.15, 0.2) is 0 Å². The third-order valence-electron chi connectivity index (χ3n) is 3.03. The summed E-state index contributed by atoms with van der Waals surface area (Å²) in [5.74, 6) is 1.94. The van der Waals surface area contributed by atoms with Crippen molar-refractivity contribution in [2.45, 2.75) is 30.3 Å². The van der Waals surface area contributed by atoms with Crippen molar-refractivity contribution >= 4 is 22.6 Å². The summed E-state index contributed by atoms with van der Waals surface area (Å²) in [6.45, 7) is 2.16. The van der Waals surface area contributed by atoms with Crippen LogP contribution in [0.15, 0.2) is 30.3 Å². The van der Waals surface area contributed by atoms with Gasteiger partial charge in [0.2, 0.25) is 0 Å². The van der Waals surface area contributed by atoms with Crippen LogP contribution in [0.2, 0.25) is 0 Å². The van der Waals surface area contributed by atoms with Crippen molar-refractivity contribution in [3.63, 3.8) is 0 Å². The van der Waals surface area contributed by atoms with E-state index < -0.39 is 10.8 Å². The second-order valence-electron chi connectivity index (χ2n) is 4.16. The molecule has 1 fully saturated rings. The summed E-state index contributed by atoms with van der Waals surface area (Å²) in [5, 5.41) is 0. The molecule has 3 heteroatoms. The highest BCUT2D eigenvalue weighted by molar-refractivity contribution is 8.12. The number of hydrogen-bond donors (Lipinski definition) is 0. The van der Waals surface area contributed by atoms with Crippen LogP contribution in [-0.4, -0.2) is 19.8 Å². The lowest BCUT2D eigenvalue weighted by Crippen LogP contribution is -2.29. The van der Waals surface area contributed by atoms with E-state index in [0.717, 1.165) is 30.8 Å². The Hall–Kier alpha value is -0.280. The predicted octanol–water partition coefficient (Wildman–Crippen LogP) is 3.22. The smallest absolute Gasteiger partial charge is 0.0948 e. The lowest BCUT2D eigenvalue weighted by atomic mass is 10.1. The van der Waals surface area contributed by atoms with Gasteiger partial charge < -0.3 is 0 Å². The van der Waals surface area contributed by atoms with Crippen LogP contribution in [0.1, 0.15) is 25.3 Å². The second-order valence-corrected chi connectivity index (χ2v) is 7.95. The fraction of sp³-hybridized carbons (Fsp3) is 0.538. The molecule has 16 heavy (non-hydrogen) atoms. The Kier molecular flexibility index (Phi) is 4.09.